The highest BCUT2D eigenvalue weighted by Crippen LogP contribution is 2.31. The quantitative estimate of drug-likeness (QED) is 0.695. The van der Waals surface area contributed by atoms with Gasteiger partial charge >= 0.3 is 0 Å². The van der Waals surface area contributed by atoms with Gasteiger partial charge in [0.15, 0.2) is 11.6 Å². The number of hydrogen-bond donors (Lipinski definition) is 1. The summed E-state index contributed by atoms with van der Waals surface area (Å²) in [6.45, 7) is 11.5. The first-order chi connectivity index (χ1) is 13.5. The van der Waals surface area contributed by atoms with E-state index in [-0.39, 0.29) is 11.3 Å². The Morgan fingerprint density at radius 1 is 1.03 bits per heavy atom. The van der Waals surface area contributed by atoms with Crippen LogP contribution in [0.3, 0.4) is 0 Å². The van der Waals surface area contributed by atoms with Gasteiger partial charge in [-0.3, -0.25) is 4.79 Å². The molecule has 29 heavy (non-hydrogen) atoms. The third-order valence-corrected chi connectivity index (χ3v) is 5.32. The second kappa shape index (κ2) is 8.13. The van der Waals surface area contributed by atoms with Crippen molar-refractivity contribution >= 4 is 17.3 Å². The third-order valence-electron chi connectivity index (χ3n) is 5.32. The summed E-state index contributed by atoms with van der Waals surface area (Å²) in [6.07, 6.45) is 2.07. The minimum absolute atomic E-state index is 0.0117. The van der Waals surface area contributed by atoms with Gasteiger partial charge in [0.2, 0.25) is 5.91 Å². The van der Waals surface area contributed by atoms with E-state index in [0.29, 0.717) is 13.0 Å². The molecule has 2 aromatic rings. The molecule has 5 heteroatoms. The zero-order chi connectivity index (χ0) is 21.3. The summed E-state index contributed by atoms with van der Waals surface area (Å²) in [6, 6.07) is 6.78. The second-order valence-electron chi connectivity index (χ2n) is 9.30. The van der Waals surface area contributed by atoms with Gasteiger partial charge < -0.3 is 10.2 Å². The zero-order valence-electron chi connectivity index (χ0n) is 18.0. The molecule has 1 N–H and O–H groups in total. The number of hydrogen-bond acceptors (Lipinski definition) is 2. The van der Waals surface area contributed by atoms with Crippen LogP contribution in [-0.4, -0.2) is 12.5 Å². The molecule has 2 aromatic carbocycles. The van der Waals surface area contributed by atoms with E-state index in [1.54, 1.807) is 0 Å². The first-order valence-corrected chi connectivity index (χ1v) is 10.2. The molecule has 1 amide bonds. The van der Waals surface area contributed by atoms with Crippen LogP contribution in [0.1, 0.15) is 55.9 Å². The summed E-state index contributed by atoms with van der Waals surface area (Å²) in [7, 11) is 0. The number of nitrogens with zero attached hydrogens (tertiary/aromatic N) is 1. The van der Waals surface area contributed by atoms with Crippen molar-refractivity contribution in [2.45, 2.75) is 60.4 Å². The van der Waals surface area contributed by atoms with Gasteiger partial charge in [-0.05, 0) is 78.6 Å². The number of amides is 1. The van der Waals surface area contributed by atoms with Crippen LogP contribution in [0, 0.1) is 30.9 Å². The smallest absolute Gasteiger partial charge is 0.224 e. The molecular weight excluding hydrogens is 370 g/mol. The number of nitrogens with one attached hydrogen (secondary N) is 1. The molecule has 0 saturated carbocycles. The summed E-state index contributed by atoms with van der Waals surface area (Å²) >= 11 is 0. The van der Waals surface area contributed by atoms with Crippen molar-refractivity contribution < 1.29 is 13.6 Å². The van der Waals surface area contributed by atoms with Gasteiger partial charge in [0, 0.05) is 30.9 Å². The van der Waals surface area contributed by atoms with E-state index >= 15 is 0 Å². The molecule has 3 nitrogen and oxygen atoms in total. The Morgan fingerprint density at radius 3 is 2.21 bits per heavy atom. The van der Waals surface area contributed by atoms with Crippen LogP contribution in [0.5, 0.6) is 0 Å². The topological polar surface area (TPSA) is 32.3 Å². The summed E-state index contributed by atoms with van der Waals surface area (Å²) in [5.41, 5.74) is 5.52. The Bertz CT molecular complexity index is 908. The van der Waals surface area contributed by atoms with Gasteiger partial charge in [0.05, 0.1) is 0 Å². The summed E-state index contributed by atoms with van der Waals surface area (Å²) in [4.78, 5) is 14.6. The van der Waals surface area contributed by atoms with Crippen molar-refractivity contribution in [2.75, 3.05) is 16.8 Å². The Balaban J connectivity index is 1.84. The Kier molecular flexibility index (Phi) is 5.97. The SMILES string of the molecule is Cc1cc(N2CCCc3cc(F)c(F)cc3C2)cc(C)c1NC(=O)CC(C)(C)C. The van der Waals surface area contributed by atoms with E-state index in [1.807, 2.05) is 34.6 Å². The lowest BCUT2D eigenvalue weighted by Gasteiger charge is -2.26. The number of carbonyl (C=O) groups is 1. The number of rotatable bonds is 3. The molecule has 0 bridgehead atoms. The van der Waals surface area contributed by atoms with Gasteiger partial charge in [-0.2, -0.15) is 0 Å². The molecular formula is C24H30F2N2O. The van der Waals surface area contributed by atoms with Crippen LogP contribution < -0.4 is 10.2 Å². The van der Waals surface area contributed by atoms with Crippen molar-refractivity contribution in [3.63, 3.8) is 0 Å². The van der Waals surface area contributed by atoms with E-state index in [9.17, 15) is 13.6 Å². The Hall–Kier alpha value is -2.43. The number of aryl methyl sites for hydroxylation is 3. The fourth-order valence-corrected chi connectivity index (χ4v) is 3.96. The predicted molar refractivity (Wildman–Crippen MR) is 114 cm³/mol. The summed E-state index contributed by atoms with van der Waals surface area (Å²) in [5.74, 6) is -1.56. The molecule has 0 spiro atoms. The van der Waals surface area contributed by atoms with E-state index in [0.717, 1.165) is 53.0 Å². The number of fused-ring (bicyclic) bond motifs is 1. The molecule has 0 unspecified atom stereocenters. The maximum absolute atomic E-state index is 13.8. The number of anilines is 2. The second-order valence-corrected chi connectivity index (χ2v) is 9.30. The van der Waals surface area contributed by atoms with E-state index < -0.39 is 11.6 Å². The normalized spacial score (nSPS) is 14.4. The van der Waals surface area contributed by atoms with Gasteiger partial charge in [0.25, 0.3) is 0 Å². The maximum atomic E-state index is 13.8. The molecule has 156 valence electrons. The van der Waals surface area contributed by atoms with Crippen LogP contribution in [0.15, 0.2) is 24.3 Å². The largest absolute Gasteiger partial charge is 0.367 e. The highest BCUT2D eigenvalue weighted by molar-refractivity contribution is 5.93. The zero-order valence-corrected chi connectivity index (χ0v) is 18.0. The molecule has 0 aliphatic carbocycles. The first-order valence-electron chi connectivity index (χ1n) is 10.2. The fourth-order valence-electron chi connectivity index (χ4n) is 3.96. The molecule has 0 fully saturated rings. The molecule has 3 rings (SSSR count). The highest BCUT2D eigenvalue weighted by Gasteiger charge is 2.20. The van der Waals surface area contributed by atoms with Crippen LogP contribution >= 0.6 is 0 Å². The Morgan fingerprint density at radius 2 is 1.62 bits per heavy atom. The predicted octanol–water partition coefficient (Wildman–Crippen LogP) is 5.91. The third kappa shape index (κ3) is 5.14. The number of carbonyl (C=O) groups excluding carboxylic acids is 1. The first kappa shape index (κ1) is 21.3. The van der Waals surface area contributed by atoms with E-state index in [2.05, 4.69) is 22.3 Å². The highest BCUT2D eigenvalue weighted by atomic mass is 19.2. The fraction of sp³-hybridized carbons (Fsp3) is 0.458. The van der Waals surface area contributed by atoms with Crippen molar-refractivity contribution in [3.8, 4) is 0 Å². The summed E-state index contributed by atoms with van der Waals surface area (Å²) < 4.78 is 27.3. The monoisotopic (exact) mass is 400 g/mol. The minimum Gasteiger partial charge on any atom is -0.367 e. The number of halogens is 2. The molecule has 1 heterocycles. The van der Waals surface area contributed by atoms with Gasteiger partial charge in [-0.1, -0.05) is 20.8 Å². The van der Waals surface area contributed by atoms with Crippen LogP contribution in [0.25, 0.3) is 0 Å². The van der Waals surface area contributed by atoms with E-state index in [4.69, 9.17) is 0 Å². The molecule has 1 aliphatic rings. The van der Waals surface area contributed by atoms with Crippen LogP contribution in [-0.2, 0) is 17.8 Å². The van der Waals surface area contributed by atoms with Gasteiger partial charge in [-0.15, -0.1) is 0 Å². The molecule has 0 radical (unpaired) electrons. The lowest BCUT2D eigenvalue weighted by Crippen LogP contribution is -2.24. The van der Waals surface area contributed by atoms with Gasteiger partial charge in [0.1, 0.15) is 0 Å². The standard InChI is InChI=1S/C24H30F2N2O/c1-15-9-19(10-16(2)23(15)27-22(29)13-24(3,4)5)28-8-6-7-17-11-20(25)21(26)12-18(17)14-28/h9-12H,6-8,13-14H2,1-5H3,(H,27,29). The molecule has 0 atom stereocenters. The van der Waals surface area contributed by atoms with Crippen LogP contribution in [0.4, 0.5) is 20.2 Å². The molecule has 0 aromatic heterocycles. The lowest BCUT2D eigenvalue weighted by atomic mass is 9.92. The molecule has 0 saturated heterocycles. The minimum atomic E-state index is -0.796. The lowest BCUT2D eigenvalue weighted by molar-refractivity contribution is -0.117. The number of benzene rings is 2. The average Bonchev–Trinajstić information content (AvgIpc) is 2.79. The van der Waals surface area contributed by atoms with Crippen molar-refractivity contribution in [2.24, 2.45) is 5.41 Å². The van der Waals surface area contributed by atoms with Crippen molar-refractivity contribution in [1.29, 1.82) is 0 Å². The van der Waals surface area contributed by atoms with Crippen molar-refractivity contribution in [3.05, 3.63) is 58.2 Å². The maximum Gasteiger partial charge on any atom is 0.224 e. The summed E-state index contributed by atoms with van der Waals surface area (Å²) in [5, 5.41) is 3.06. The Labute approximate surface area is 172 Å². The van der Waals surface area contributed by atoms with Crippen molar-refractivity contribution in [1.82, 2.24) is 0 Å². The molecule has 1 aliphatic heterocycles. The average molecular weight is 401 g/mol. The van der Waals surface area contributed by atoms with Gasteiger partial charge in [-0.25, -0.2) is 8.78 Å². The van der Waals surface area contributed by atoms with Crippen LogP contribution in [0.2, 0.25) is 0 Å². The van der Waals surface area contributed by atoms with E-state index in [1.165, 1.54) is 12.1 Å².